The minimum Gasteiger partial charge on any atom is -0.423 e. The van der Waals surface area contributed by atoms with E-state index in [1.165, 1.54) is 18.4 Å². The van der Waals surface area contributed by atoms with Gasteiger partial charge in [-0.1, -0.05) is 82.3 Å². The zero-order valence-corrected chi connectivity index (χ0v) is 24.8. The maximum atomic E-state index is 12.7. The van der Waals surface area contributed by atoms with Crippen LogP contribution in [0.5, 0.6) is 11.5 Å². The fourth-order valence-electron chi connectivity index (χ4n) is 4.61. The van der Waals surface area contributed by atoms with Crippen molar-refractivity contribution in [3.05, 3.63) is 95.6 Å². The number of esters is 2. The average molecular weight is 555 g/mol. The van der Waals surface area contributed by atoms with Crippen LogP contribution in [0, 0.1) is 0 Å². The quantitative estimate of drug-likeness (QED) is 0.0941. The van der Waals surface area contributed by atoms with Gasteiger partial charge in [0.05, 0.1) is 0 Å². The molecule has 0 bridgehead atoms. The van der Waals surface area contributed by atoms with Gasteiger partial charge in [-0.3, -0.25) is 0 Å². The molecule has 0 aliphatic heterocycles. The van der Waals surface area contributed by atoms with Gasteiger partial charge in [-0.15, -0.1) is 0 Å². The van der Waals surface area contributed by atoms with Crippen molar-refractivity contribution in [3.8, 4) is 33.8 Å². The van der Waals surface area contributed by atoms with Crippen molar-refractivity contribution >= 4 is 11.9 Å². The summed E-state index contributed by atoms with van der Waals surface area (Å²) in [7, 11) is 0. The fourth-order valence-corrected chi connectivity index (χ4v) is 4.61. The number of carbonyl (C=O) groups is 2. The maximum absolute atomic E-state index is 12.7. The van der Waals surface area contributed by atoms with Crippen LogP contribution in [0.2, 0.25) is 0 Å². The first-order valence-electron chi connectivity index (χ1n) is 14.4. The van der Waals surface area contributed by atoms with E-state index < -0.39 is 11.9 Å². The fraction of sp³-hybridized carbons (Fsp3) is 0.333. The van der Waals surface area contributed by atoms with E-state index in [0.29, 0.717) is 29.0 Å². The lowest BCUT2D eigenvalue weighted by molar-refractivity contribution is -0.131. The highest BCUT2D eigenvalue weighted by Crippen LogP contribution is 2.43. The number of hydrogen-bond acceptors (Lipinski definition) is 5. The Morgan fingerprint density at radius 2 is 1.27 bits per heavy atom. The molecule has 0 aromatic heterocycles. The molecule has 0 saturated carbocycles. The van der Waals surface area contributed by atoms with Crippen molar-refractivity contribution in [1.82, 2.24) is 0 Å². The predicted octanol–water partition coefficient (Wildman–Crippen LogP) is 8.20. The van der Waals surface area contributed by atoms with Crippen molar-refractivity contribution in [2.75, 3.05) is 6.61 Å². The molecule has 3 rings (SSSR count). The molecule has 0 fully saturated rings. The topological polar surface area (TPSA) is 72.8 Å². The summed E-state index contributed by atoms with van der Waals surface area (Å²) in [5.41, 5.74) is 6.94. The second-order valence-corrected chi connectivity index (χ2v) is 10.5. The van der Waals surface area contributed by atoms with Crippen LogP contribution in [0.3, 0.4) is 0 Å². The average Bonchev–Trinajstić information content (AvgIpc) is 2.96. The molecule has 0 saturated heterocycles. The number of hydrogen-bond donors (Lipinski definition) is 1. The molecule has 0 aliphatic rings. The first-order valence-corrected chi connectivity index (χ1v) is 14.4. The van der Waals surface area contributed by atoms with Crippen molar-refractivity contribution in [2.24, 2.45) is 0 Å². The molecular formula is C36H42O5. The van der Waals surface area contributed by atoms with Crippen LogP contribution < -0.4 is 9.47 Å². The van der Waals surface area contributed by atoms with E-state index in [2.05, 4.69) is 45.2 Å². The molecule has 216 valence electrons. The summed E-state index contributed by atoms with van der Waals surface area (Å²) < 4.78 is 11.8. The van der Waals surface area contributed by atoms with Crippen LogP contribution in [-0.4, -0.2) is 23.7 Å². The monoisotopic (exact) mass is 554 g/mol. The highest BCUT2D eigenvalue weighted by atomic mass is 16.5. The van der Waals surface area contributed by atoms with Crippen molar-refractivity contribution in [2.45, 2.75) is 72.6 Å². The summed E-state index contributed by atoms with van der Waals surface area (Å²) in [5.74, 6) is -0.357. The van der Waals surface area contributed by atoms with E-state index >= 15 is 0 Å². The Morgan fingerprint density at radius 1 is 0.707 bits per heavy atom. The molecule has 41 heavy (non-hydrogen) atoms. The zero-order valence-electron chi connectivity index (χ0n) is 24.8. The molecule has 0 spiro atoms. The van der Waals surface area contributed by atoms with Gasteiger partial charge in [0.15, 0.2) is 0 Å². The van der Waals surface area contributed by atoms with Crippen LogP contribution in [0.25, 0.3) is 22.3 Å². The molecule has 0 radical (unpaired) electrons. The lowest BCUT2D eigenvalue weighted by Gasteiger charge is -2.19. The van der Waals surface area contributed by atoms with Crippen molar-refractivity contribution < 1.29 is 24.2 Å². The number of unbranched alkanes of at least 4 members (excludes halogenated alkanes) is 2. The molecule has 0 amide bonds. The number of aliphatic hydroxyl groups excluding tert-OH is 1. The third-order valence-electron chi connectivity index (χ3n) is 6.98. The SMILES string of the molecule is C=C(C)C(=O)Oc1cc(-c2ccc(CCCO)cc2CC)c(OC(=O)C(=C)C)cc1-c1ccc(CCCCC)cc1. The highest BCUT2D eigenvalue weighted by molar-refractivity contribution is 5.94. The normalized spacial score (nSPS) is 10.8. The predicted molar refractivity (Wildman–Crippen MR) is 166 cm³/mol. The molecule has 1 N–H and O–H groups in total. The largest absolute Gasteiger partial charge is 0.423 e. The first-order chi connectivity index (χ1) is 19.7. The standard InChI is InChI=1S/C36H42O5/c1-7-9-10-12-26-14-17-29(18-15-26)31-22-34(41-36(39)25(5)6)32(23-33(31)40-35(38)24(3)4)30-19-16-27(13-11-20-37)21-28(30)8-2/h14-19,21-23,37H,3,5,7-13,20H2,1-2,4,6H3. The summed E-state index contributed by atoms with van der Waals surface area (Å²) in [6.45, 7) is 15.1. The van der Waals surface area contributed by atoms with Gasteiger partial charge >= 0.3 is 11.9 Å². The second-order valence-electron chi connectivity index (χ2n) is 10.5. The molecule has 0 unspecified atom stereocenters. The molecule has 5 heteroatoms. The van der Waals surface area contributed by atoms with Crippen molar-refractivity contribution in [1.29, 1.82) is 0 Å². The number of benzene rings is 3. The maximum Gasteiger partial charge on any atom is 0.338 e. The number of rotatable bonds is 14. The Hall–Kier alpha value is -3.96. The number of aliphatic hydroxyl groups is 1. The van der Waals surface area contributed by atoms with Crippen LogP contribution in [0.4, 0.5) is 0 Å². The third kappa shape index (κ3) is 8.51. The Labute approximate surface area is 244 Å². The van der Waals surface area contributed by atoms with Crippen molar-refractivity contribution in [3.63, 3.8) is 0 Å². The Balaban J connectivity index is 2.21. The van der Waals surface area contributed by atoms with Gasteiger partial charge in [0.2, 0.25) is 0 Å². The van der Waals surface area contributed by atoms with E-state index in [1.807, 2.05) is 24.3 Å². The number of carbonyl (C=O) groups excluding carboxylic acids is 2. The highest BCUT2D eigenvalue weighted by Gasteiger charge is 2.21. The molecule has 5 nitrogen and oxygen atoms in total. The molecule has 0 atom stereocenters. The van der Waals surface area contributed by atoms with Gasteiger partial charge in [0, 0.05) is 28.9 Å². The Morgan fingerprint density at radius 3 is 1.83 bits per heavy atom. The Bertz CT molecular complexity index is 1400. The van der Waals surface area contributed by atoms with E-state index in [1.54, 1.807) is 26.0 Å². The summed E-state index contributed by atoms with van der Waals surface area (Å²) >= 11 is 0. The van der Waals surface area contributed by atoms with E-state index in [4.69, 9.17) is 9.47 Å². The molecule has 3 aromatic carbocycles. The molecule has 3 aromatic rings. The van der Waals surface area contributed by atoms with Gasteiger partial charge in [0.25, 0.3) is 0 Å². The molecular weight excluding hydrogens is 512 g/mol. The summed E-state index contributed by atoms with van der Waals surface area (Å²) in [6, 6.07) is 17.8. The second kappa shape index (κ2) is 15.2. The van der Waals surface area contributed by atoms with Crippen LogP contribution in [0.15, 0.2) is 78.9 Å². The number of ether oxygens (including phenoxy) is 2. The lowest BCUT2D eigenvalue weighted by Crippen LogP contribution is -2.12. The summed E-state index contributed by atoms with van der Waals surface area (Å²) in [6.07, 6.45) is 6.65. The van der Waals surface area contributed by atoms with Gasteiger partial charge in [0.1, 0.15) is 11.5 Å². The van der Waals surface area contributed by atoms with E-state index in [-0.39, 0.29) is 17.8 Å². The van der Waals surface area contributed by atoms with Gasteiger partial charge in [-0.05, 0) is 85.9 Å². The molecule has 0 aliphatic carbocycles. The summed E-state index contributed by atoms with van der Waals surface area (Å²) in [4.78, 5) is 25.5. The van der Waals surface area contributed by atoms with E-state index in [9.17, 15) is 14.7 Å². The smallest absolute Gasteiger partial charge is 0.338 e. The number of aryl methyl sites for hydroxylation is 3. The zero-order chi connectivity index (χ0) is 29.9. The van der Waals surface area contributed by atoms with Gasteiger partial charge < -0.3 is 14.6 Å². The first kappa shape index (κ1) is 31.6. The minimum atomic E-state index is -0.534. The van der Waals surface area contributed by atoms with Gasteiger partial charge in [-0.25, -0.2) is 9.59 Å². The Kier molecular flexibility index (Phi) is 11.7. The lowest BCUT2D eigenvalue weighted by atomic mass is 9.92. The van der Waals surface area contributed by atoms with Crippen LogP contribution in [0.1, 0.15) is 70.1 Å². The van der Waals surface area contributed by atoms with Gasteiger partial charge in [-0.2, -0.15) is 0 Å². The summed E-state index contributed by atoms with van der Waals surface area (Å²) in [5, 5.41) is 9.27. The van der Waals surface area contributed by atoms with Crippen LogP contribution >= 0.6 is 0 Å². The molecule has 0 heterocycles. The third-order valence-corrected chi connectivity index (χ3v) is 6.98. The van der Waals surface area contributed by atoms with E-state index in [0.717, 1.165) is 47.9 Å². The minimum absolute atomic E-state index is 0.128. The van der Waals surface area contributed by atoms with Crippen LogP contribution in [-0.2, 0) is 28.9 Å².